The zero-order valence-corrected chi connectivity index (χ0v) is 21.5. The maximum atomic E-state index is 15.1. The lowest BCUT2D eigenvalue weighted by atomic mass is 10.1. The van der Waals surface area contributed by atoms with Gasteiger partial charge in [-0.05, 0) is 62.7 Å². The van der Waals surface area contributed by atoms with E-state index in [0.717, 1.165) is 24.3 Å². The average Bonchev–Trinajstić information content (AvgIpc) is 3.19. The van der Waals surface area contributed by atoms with E-state index in [1.165, 1.54) is 19.2 Å². The number of hydrogen-bond donors (Lipinski definition) is 1. The van der Waals surface area contributed by atoms with E-state index in [-0.39, 0.29) is 30.2 Å². The second-order valence-corrected chi connectivity index (χ2v) is 9.44. The number of alkyl halides is 3. The summed E-state index contributed by atoms with van der Waals surface area (Å²) in [5, 5.41) is 1.49. The van der Waals surface area contributed by atoms with Gasteiger partial charge in [0.05, 0.1) is 28.4 Å². The molecule has 4 rings (SSSR count). The Hall–Kier alpha value is -3.48. The van der Waals surface area contributed by atoms with Crippen molar-refractivity contribution in [2.24, 2.45) is 0 Å². The fourth-order valence-corrected chi connectivity index (χ4v) is 3.98. The van der Waals surface area contributed by atoms with Crippen LogP contribution in [0.5, 0.6) is 17.4 Å². The second kappa shape index (κ2) is 10.9. The molecule has 2 aromatic carbocycles. The molecule has 3 aromatic rings. The molecular formula is C26H22ClF5N2O5. The third-order valence-corrected chi connectivity index (χ3v) is 5.87. The van der Waals surface area contributed by atoms with Crippen molar-refractivity contribution >= 4 is 23.2 Å². The topological polar surface area (TPSA) is 78.9 Å². The molecule has 7 nitrogen and oxygen atoms in total. The highest BCUT2D eigenvalue weighted by molar-refractivity contribution is 6.32. The van der Waals surface area contributed by atoms with Crippen LogP contribution in [0.25, 0.3) is 0 Å². The molecule has 39 heavy (non-hydrogen) atoms. The Morgan fingerprint density at radius 2 is 1.92 bits per heavy atom. The molecule has 1 N–H and O–H groups in total. The quantitative estimate of drug-likeness (QED) is 0.310. The summed E-state index contributed by atoms with van der Waals surface area (Å²) in [6.07, 6.45) is -4.18. The minimum atomic E-state index is -4.87. The highest BCUT2D eigenvalue weighted by Gasteiger charge is 2.36. The van der Waals surface area contributed by atoms with E-state index < -0.39 is 63.4 Å². The number of aromatic nitrogens is 1. The normalized spacial score (nSPS) is 16.7. The summed E-state index contributed by atoms with van der Waals surface area (Å²) in [7, 11) is 0. The molecule has 0 radical (unpaired) electrons. The van der Waals surface area contributed by atoms with E-state index >= 15 is 4.39 Å². The number of halogens is 6. The number of carbonyl (C=O) groups is 1. The lowest BCUT2D eigenvalue weighted by Crippen LogP contribution is -2.25. The fourth-order valence-electron chi connectivity index (χ4n) is 3.71. The van der Waals surface area contributed by atoms with Crippen molar-refractivity contribution in [1.82, 2.24) is 4.98 Å². The SMILES string of the molecule is Cc1cc(F)ccc1Oc1cc(C(F)(F)F)c(Cl)cc1C(=O)Nc1ccnc(OC[C@H]2COC(C)(C)O2)c1F. The molecule has 13 heteroatoms. The van der Waals surface area contributed by atoms with Gasteiger partial charge in [0, 0.05) is 6.20 Å². The number of nitrogens with one attached hydrogen (secondary N) is 1. The van der Waals surface area contributed by atoms with Crippen molar-refractivity contribution < 1.29 is 45.7 Å². The number of hydrogen-bond acceptors (Lipinski definition) is 6. The number of carbonyl (C=O) groups excluding carboxylic acids is 1. The molecule has 1 aromatic heterocycles. The predicted octanol–water partition coefficient (Wildman–Crippen LogP) is 6.92. The molecule has 0 spiro atoms. The molecule has 1 aliphatic heterocycles. The molecule has 1 fully saturated rings. The van der Waals surface area contributed by atoms with Crippen molar-refractivity contribution in [3.63, 3.8) is 0 Å². The maximum absolute atomic E-state index is 15.1. The highest BCUT2D eigenvalue weighted by Crippen LogP contribution is 2.40. The molecule has 1 amide bonds. The zero-order chi connectivity index (χ0) is 28.5. The van der Waals surface area contributed by atoms with Crippen LogP contribution < -0.4 is 14.8 Å². The van der Waals surface area contributed by atoms with E-state index in [1.54, 1.807) is 13.8 Å². The third kappa shape index (κ3) is 6.75. The number of benzene rings is 2. The minimum Gasteiger partial charge on any atom is -0.473 e. The van der Waals surface area contributed by atoms with Gasteiger partial charge >= 0.3 is 6.18 Å². The van der Waals surface area contributed by atoms with Crippen LogP contribution in [0.2, 0.25) is 5.02 Å². The first-order chi connectivity index (χ1) is 18.2. The summed E-state index contributed by atoms with van der Waals surface area (Å²) in [4.78, 5) is 16.9. The van der Waals surface area contributed by atoms with Gasteiger partial charge in [0.15, 0.2) is 5.79 Å². The lowest BCUT2D eigenvalue weighted by molar-refractivity contribution is -0.141. The van der Waals surface area contributed by atoms with Gasteiger partial charge in [-0.1, -0.05) is 11.6 Å². The molecule has 0 bridgehead atoms. The fraction of sp³-hybridized carbons (Fsp3) is 0.308. The van der Waals surface area contributed by atoms with Gasteiger partial charge in [-0.3, -0.25) is 4.79 Å². The summed E-state index contributed by atoms with van der Waals surface area (Å²) in [5.74, 6) is -4.45. The lowest BCUT2D eigenvalue weighted by Gasteiger charge is -2.18. The summed E-state index contributed by atoms with van der Waals surface area (Å²) in [5.41, 5.74) is -1.81. The first-order valence-corrected chi connectivity index (χ1v) is 11.9. The second-order valence-electron chi connectivity index (χ2n) is 9.03. The van der Waals surface area contributed by atoms with Crippen LogP contribution in [-0.2, 0) is 15.7 Å². The van der Waals surface area contributed by atoms with E-state index in [4.69, 9.17) is 30.5 Å². The van der Waals surface area contributed by atoms with Crippen molar-refractivity contribution in [1.29, 1.82) is 0 Å². The molecule has 0 saturated carbocycles. The molecule has 208 valence electrons. The van der Waals surface area contributed by atoms with Crippen molar-refractivity contribution in [3.8, 4) is 17.4 Å². The van der Waals surface area contributed by atoms with Gasteiger partial charge in [0.1, 0.15) is 30.0 Å². The summed E-state index contributed by atoms with van der Waals surface area (Å²) >= 11 is 5.84. The van der Waals surface area contributed by atoms with Crippen LogP contribution in [0, 0.1) is 18.6 Å². The van der Waals surface area contributed by atoms with Gasteiger partial charge in [0.25, 0.3) is 11.8 Å². The molecule has 1 atom stereocenters. The van der Waals surface area contributed by atoms with Gasteiger partial charge in [0.2, 0.25) is 5.82 Å². The van der Waals surface area contributed by atoms with Gasteiger partial charge in [-0.25, -0.2) is 9.37 Å². The Kier molecular flexibility index (Phi) is 8.01. The smallest absolute Gasteiger partial charge is 0.417 e. The van der Waals surface area contributed by atoms with Gasteiger partial charge in [-0.15, -0.1) is 0 Å². The van der Waals surface area contributed by atoms with Crippen LogP contribution in [0.15, 0.2) is 42.6 Å². The van der Waals surface area contributed by atoms with Crippen molar-refractivity contribution in [3.05, 3.63) is 75.9 Å². The number of nitrogens with zero attached hydrogens (tertiary/aromatic N) is 1. The largest absolute Gasteiger partial charge is 0.473 e. The Balaban J connectivity index is 1.61. The number of pyridine rings is 1. The number of amides is 1. The predicted molar refractivity (Wildman–Crippen MR) is 130 cm³/mol. The van der Waals surface area contributed by atoms with Crippen LogP contribution in [0.4, 0.5) is 27.6 Å². The number of aryl methyl sites for hydroxylation is 1. The third-order valence-electron chi connectivity index (χ3n) is 5.55. The summed E-state index contributed by atoms with van der Waals surface area (Å²) in [6, 6.07) is 5.77. The molecule has 0 unspecified atom stereocenters. The number of anilines is 1. The zero-order valence-electron chi connectivity index (χ0n) is 20.8. The first kappa shape index (κ1) is 28.5. The van der Waals surface area contributed by atoms with Crippen LogP contribution in [0.3, 0.4) is 0 Å². The van der Waals surface area contributed by atoms with E-state index in [2.05, 4.69) is 10.3 Å². The highest BCUT2D eigenvalue weighted by atomic mass is 35.5. The summed E-state index contributed by atoms with van der Waals surface area (Å²) in [6.45, 7) is 5.02. The Labute approximate surface area is 224 Å². The van der Waals surface area contributed by atoms with E-state index in [1.807, 2.05) is 0 Å². The van der Waals surface area contributed by atoms with E-state index in [0.29, 0.717) is 6.07 Å². The summed E-state index contributed by atoms with van der Waals surface area (Å²) < 4.78 is 91.2. The van der Waals surface area contributed by atoms with Gasteiger partial charge in [-0.2, -0.15) is 17.6 Å². The van der Waals surface area contributed by atoms with Crippen LogP contribution in [0.1, 0.15) is 35.3 Å². The number of ether oxygens (including phenoxy) is 4. The van der Waals surface area contributed by atoms with Gasteiger partial charge < -0.3 is 24.3 Å². The Morgan fingerprint density at radius 1 is 1.18 bits per heavy atom. The molecular weight excluding hydrogens is 551 g/mol. The molecule has 2 heterocycles. The molecule has 1 saturated heterocycles. The average molecular weight is 573 g/mol. The van der Waals surface area contributed by atoms with Crippen molar-refractivity contribution in [2.75, 3.05) is 18.5 Å². The monoisotopic (exact) mass is 572 g/mol. The molecule has 1 aliphatic rings. The molecule has 0 aliphatic carbocycles. The standard InChI is InChI=1S/C26H22ClF5N2O5/c1-13-8-14(28)4-5-20(13)38-21-10-17(26(30,31)32)18(27)9-16(21)23(35)34-19-6-7-33-24(22(19)29)36-11-15-12-37-25(2,3)39-15/h4-10,15H,11-12H2,1-3H3,(H,33,34,35)/t15-/m0/s1. The Morgan fingerprint density at radius 3 is 2.56 bits per heavy atom. The van der Waals surface area contributed by atoms with Crippen LogP contribution in [-0.4, -0.2) is 36.0 Å². The van der Waals surface area contributed by atoms with E-state index in [9.17, 15) is 22.4 Å². The Bertz CT molecular complexity index is 1400. The minimum absolute atomic E-state index is 0.00652. The maximum Gasteiger partial charge on any atom is 0.417 e. The van der Waals surface area contributed by atoms with Crippen molar-refractivity contribution in [2.45, 2.75) is 38.8 Å². The van der Waals surface area contributed by atoms with Crippen LogP contribution >= 0.6 is 11.6 Å². The first-order valence-electron chi connectivity index (χ1n) is 11.5. The number of rotatable bonds is 7.